The SMILES string of the molecule is Cc1ccc(S(=O)(=O)OC2=CC(C)(C(=O)OCC[Si](C)(C)C)C2)cc1. The van der Waals surface area contributed by atoms with Gasteiger partial charge in [0.1, 0.15) is 10.7 Å². The molecular formula is C18H26O5SSi. The van der Waals surface area contributed by atoms with E-state index in [1.165, 1.54) is 18.2 Å². The van der Waals surface area contributed by atoms with Crippen molar-refractivity contribution in [3.8, 4) is 0 Å². The van der Waals surface area contributed by atoms with Crippen LogP contribution in [0, 0.1) is 12.3 Å². The Balaban J connectivity index is 1.96. The maximum Gasteiger partial charge on any atom is 0.338 e. The summed E-state index contributed by atoms with van der Waals surface area (Å²) in [6.45, 7) is 10.7. The zero-order valence-electron chi connectivity index (χ0n) is 15.5. The quantitative estimate of drug-likeness (QED) is 0.407. The predicted octanol–water partition coefficient (Wildman–Crippen LogP) is 3.88. The van der Waals surface area contributed by atoms with Crippen LogP contribution in [-0.4, -0.2) is 29.1 Å². The van der Waals surface area contributed by atoms with Gasteiger partial charge in [0, 0.05) is 14.5 Å². The third-order valence-electron chi connectivity index (χ3n) is 4.10. The van der Waals surface area contributed by atoms with Crippen LogP contribution in [0.1, 0.15) is 18.9 Å². The second-order valence-corrected chi connectivity index (χ2v) is 15.2. The van der Waals surface area contributed by atoms with Crippen LogP contribution in [0.3, 0.4) is 0 Å². The highest BCUT2D eigenvalue weighted by molar-refractivity contribution is 7.86. The van der Waals surface area contributed by atoms with Crippen LogP contribution in [0.4, 0.5) is 0 Å². The second kappa shape index (κ2) is 6.95. The normalized spacial score (nSPS) is 20.4. The van der Waals surface area contributed by atoms with Crippen molar-refractivity contribution in [1.82, 2.24) is 0 Å². The van der Waals surface area contributed by atoms with Gasteiger partial charge in [0.2, 0.25) is 0 Å². The molecule has 1 aliphatic carbocycles. The van der Waals surface area contributed by atoms with E-state index in [9.17, 15) is 13.2 Å². The predicted molar refractivity (Wildman–Crippen MR) is 99.4 cm³/mol. The molecule has 0 spiro atoms. The first-order chi connectivity index (χ1) is 11.4. The molecule has 0 bridgehead atoms. The average molecular weight is 383 g/mol. The average Bonchev–Trinajstić information content (AvgIpc) is 2.44. The van der Waals surface area contributed by atoms with E-state index in [1.807, 2.05) is 6.92 Å². The van der Waals surface area contributed by atoms with Crippen LogP contribution in [0.25, 0.3) is 0 Å². The Morgan fingerprint density at radius 1 is 1.20 bits per heavy atom. The molecule has 0 N–H and O–H groups in total. The molecule has 0 fully saturated rings. The van der Waals surface area contributed by atoms with Crippen LogP contribution in [0.2, 0.25) is 25.7 Å². The van der Waals surface area contributed by atoms with Gasteiger partial charge in [-0.3, -0.25) is 4.79 Å². The number of hydrogen-bond donors (Lipinski definition) is 0. The van der Waals surface area contributed by atoms with Crippen molar-refractivity contribution >= 4 is 24.2 Å². The fourth-order valence-corrected chi connectivity index (χ4v) is 4.05. The molecule has 0 aromatic heterocycles. The number of esters is 1. The van der Waals surface area contributed by atoms with E-state index in [0.29, 0.717) is 6.61 Å². The highest BCUT2D eigenvalue weighted by Gasteiger charge is 2.43. The van der Waals surface area contributed by atoms with Crippen LogP contribution in [0.5, 0.6) is 0 Å². The van der Waals surface area contributed by atoms with Crippen molar-refractivity contribution in [1.29, 1.82) is 0 Å². The second-order valence-electron chi connectivity index (χ2n) is 8.00. The molecule has 0 heterocycles. The first-order valence-corrected chi connectivity index (χ1v) is 13.4. The summed E-state index contributed by atoms with van der Waals surface area (Å²) in [4.78, 5) is 12.3. The minimum Gasteiger partial charge on any atom is -0.465 e. The van der Waals surface area contributed by atoms with Gasteiger partial charge in [-0.15, -0.1) is 0 Å². The molecule has 25 heavy (non-hydrogen) atoms. The molecule has 1 atom stereocenters. The lowest BCUT2D eigenvalue weighted by molar-refractivity contribution is -0.153. The molecule has 5 nitrogen and oxygen atoms in total. The Hall–Kier alpha value is -1.60. The van der Waals surface area contributed by atoms with Gasteiger partial charge in [0.25, 0.3) is 0 Å². The van der Waals surface area contributed by atoms with E-state index in [1.54, 1.807) is 19.1 Å². The van der Waals surface area contributed by atoms with Gasteiger partial charge in [0.05, 0.1) is 12.0 Å². The third kappa shape index (κ3) is 5.18. The lowest BCUT2D eigenvalue weighted by Crippen LogP contribution is -2.36. The van der Waals surface area contributed by atoms with Crippen molar-refractivity contribution < 1.29 is 22.1 Å². The number of carbonyl (C=O) groups excluding carboxylic acids is 1. The summed E-state index contributed by atoms with van der Waals surface area (Å²) >= 11 is 0. The Morgan fingerprint density at radius 2 is 1.76 bits per heavy atom. The number of hydrogen-bond acceptors (Lipinski definition) is 5. The van der Waals surface area contributed by atoms with Gasteiger partial charge in [-0.25, -0.2) is 0 Å². The summed E-state index contributed by atoms with van der Waals surface area (Å²) in [6, 6.07) is 7.35. The van der Waals surface area contributed by atoms with Crippen molar-refractivity contribution in [3.63, 3.8) is 0 Å². The number of benzene rings is 1. The molecule has 2 rings (SSSR count). The zero-order chi connectivity index (χ0) is 18.9. The van der Waals surface area contributed by atoms with Gasteiger partial charge in [-0.05, 0) is 38.1 Å². The minimum atomic E-state index is -3.86. The van der Waals surface area contributed by atoms with Crippen molar-refractivity contribution in [3.05, 3.63) is 41.7 Å². The molecule has 0 aliphatic heterocycles. The molecule has 0 amide bonds. The van der Waals surface area contributed by atoms with Crippen molar-refractivity contribution in [2.24, 2.45) is 5.41 Å². The van der Waals surface area contributed by atoms with Crippen LogP contribution >= 0.6 is 0 Å². The van der Waals surface area contributed by atoms with Gasteiger partial charge in [-0.1, -0.05) is 37.3 Å². The Labute approximate surface area is 151 Å². The molecule has 0 radical (unpaired) electrons. The molecule has 0 saturated heterocycles. The van der Waals surface area contributed by atoms with E-state index in [-0.39, 0.29) is 23.0 Å². The van der Waals surface area contributed by atoms with Gasteiger partial charge >= 0.3 is 16.1 Å². The zero-order valence-corrected chi connectivity index (χ0v) is 17.3. The third-order valence-corrected chi connectivity index (χ3v) is 7.09. The van der Waals surface area contributed by atoms with Gasteiger partial charge < -0.3 is 8.92 Å². The molecule has 1 aromatic rings. The van der Waals surface area contributed by atoms with Crippen molar-refractivity contribution in [2.45, 2.75) is 50.8 Å². The monoisotopic (exact) mass is 382 g/mol. The molecule has 1 aromatic carbocycles. The topological polar surface area (TPSA) is 69.7 Å². The fraction of sp³-hybridized carbons (Fsp3) is 0.500. The lowest BCUT2D eigenvalue weighted by atomic mass is 9.77. The maximum absolute atomic E-state index is 12.2. The largest absolute Gasteiger partial charge is 0.465 e. The van der Waals surface area contributed by atoms with E-state index in [0.717, 1.165) is 11.6 Å². The van der Waals surface area contributed by atoms with Gasteiger partial charge in [0.15, 0.2) is 0 Å². The highest BCUT2D eigenvalue weighted by Crippen LogP contribution is 2.41. The van der Waals surface area contributed by atoms with Crippen LogP contribution in [0.15, 0.2) is 41.0 Å². The first kappa shape index (κ1) is 19.7. The molecule has 1 aliphatic rings. The fourth-order valence-electron chi connectivity index (χ4n) is 2.38. The first-order valence-electron chi connectivity index (χ1n) is 8.31. The highest BCUT2D eigenvalue weighted by atomic mass is 32.2. The van der Waals surface area contributed by atoms with E-state index < -0.39 is 23.6 Å². The molecular weight excluding hydrogens is 356 g/mol. The standard InChI is InChI=1S/C18H26O5SSi/c1-14-6-8-16(9-7-14)24(20,21)23-15-12-18(2,13-15)17(19)22-10-11-25(3,4)5/h6-9,12H,10-11,13H2,1-5H3. The Kier molecular flexibility index (Phi) is 5.49. The minimum absolute atomic E-state index is 0.102. The summed E-state index contributed by atoms with van der Waals surface area (Å²) in [5.74, 6) is -0.0453. The van der Waals surface area contributed by atoms with Gasteiger partial charge in [-0.2, -0.15) is 8.42 Å². The Morgan fingerprint density at radius 3 is 2.28 bits per heavy atom. The maximum atomic E-state index is 12.2. The number of rotatable bonds is 7. The number of carbonyl (C=O) groups is 1. The smallest absolute Gasteiger partial charge is 0.338 e. The molecule has 7 heteroatoms. The molecule has 0 saturated carbocycles. The van der Waals surface area contributed by atoms with Crippen LogP contribution < -0.4 is 0 Å². The van der Waals surface area contributed by atoms with Crippen LogP contribution in [-0.2, 0) is 23.8 Å². The summed E-state index contributed by atoms with van der Waals surface area (Å²) in [5, 5.41) is 0. The number of aryl methyl sites for hydroxylation is 1. The summed E-state index contributed by atoms with van der Waals surface area (Å²) in [6.07, 6.45) is 1.76. The van der Waals surface area contributed by atoms with E-state index >= 15 is 0 Å². The molecule has 138 valence electrons. The van der Waals surface area contributed by atoms with Crippen molar-refractivity contribution in [2.75, 3.05) is 6.61 Å². The number of allylic oxidation sites excluding steroid dienone is 1. The Bertz CT molecular complexity index is 775. The number of ether oxygens (including phenoxy) is 1. The van der Waals surface area contributed by atoms with E-state index in [2.05, 4.69) is 19.6 Å². The van der Waals surface area contributed by atoms with E-state index in [4.69, 9.17) is 8.92 Å². The molecule has 1 unspecified atom stereocenters. The summed E-state index contributed by atoms with van der Waals surface area (Å²) in [5.41, 5.74) is 0.160. The summed E-state index contributed by atoms with van der Waals surface area (Å²) < 4.78 is 35.0. The summed E-state index contributed by atoms with van der Waals surface area (Å²) in [7, 11) is -5.12. The lowest BCUT2D eigenvalue weighted by Gasteiger charge is -2.33.